The molecule has 2 fully saturated rings. The number of rotatable bonds is 21. The van der Waals surface area contributed by atoms with Gasteiger partial charge in [-0.3, -0.25) is 9.59 Å². The normalized spacial score (nSPS) is 26.9. The summed E-state index contributed by atoms with van der Waals surface area (Å²) in [5.74, 6) is -0.429. The van der Waals surface area contributed by atoms with E-state index in [9.17, 15) is 14.4 Å². The van der Waals surface area contributed by atoms with E-state index in [2.05, 4.69) is 40.2 Å². The molecule has 342 valence electrons. The number of methoxy groups -OCH3 is 2. The third-order valence-electron chi connectivity index (χ3n) is 11.0. The topological polar surface area (TPSA) is 196 Å². The summed E-state index contributed by atoms with van der Waals surface area (Å²) in [5, 5.41) is 8.60. The highest BCUT2D eigenvalue weighted by Crippen LogP contribution is 2.44. The van der Waals surface area contributed by atoms with Gasteiger partial charge < -0.3 is 64.3 Å². The third-order valence-corrected chi connectivity index (χ3v) is 11.0. The molecule has 5 rings (SSSR count). The molecule has 16 heteroatoms. The Bertz CT molecular complexity index is 1590. The van der Waals surface area contributed by atoms with Crippen molar-refractivity contribution >= 4 is 17.9 Å². The van der Waals surface area contributed by atoms with Gasteiger partial charge in [0.05, 0.1) is 12.2 Å². The molecule has 3 aliphatic rings. The maximum atomic E-state index is 12.9. The number of nitrogens with one attached hydrogen (secondary N) is 3. The SMILES string of the molecule is CCOC1OC(CC)[C@@H](OC)[C@H](OCC)C1NC(=O)CCN.CCOC1OC(CC)[C@@H](OC)[C@H](OCC)C1NC(=O)CCNC(=O)OCC1c2ccccc2-c2ccccc21. The Kier molecular flexibility index (Phi) is 21.3. The molecule has 61 heavy (non-hydrogen) atoms. The lowest BCUT2D eigenvalue weighted by molar-refractivity contribution is -0.274. The van der Waals surface area contributed by atoms with Gasteiger partial charge in [0.15, 0.2) is 12.6 Å². The molecular formula is C45H70N4O12. The van der Waals surface area contributed by atoms with Crippen molar-refractivity contribution in [3.05, 3.63) is 59.7 Å². The van der Waals surface area contributed by atoms with Crippen LogP contribution in [0, 0.1) is 0 Å². The Labute approximate surface area is 361 Å². The fourth-order valence-electron chi connectivity index (χ4n) is 8.31. The summed E-state index contributed by atoms with van der Waals surface area (Å²) in [5.41, 5.74) is 10.1. The first-order valence-corrected chi connectivity index (χ1v) is 21.8. The molecule has 0 bridgehead atoms. The lowest BCUT2D eigenvalue weighted by atomic mass is 9.94. The van der Waals surface area contributed by atoms with Crippen molar-refractivity contribution in [2.45, 2.75) is 134 Å². The first-order chi connectivity index (χ1) is 29.6. The van der Waals surface area contributed by atoms with Gasteiger partial charge in [0.1, 0.15) is 43.1 Å². The van der Waals surface area contributed by atoms with Crippen LogP contribution in [0.5, 0.6) is 0 Å². The van der Waals surface area contributed by atoms with Gasteiger partial charge in [-0.25, -0.2) is 4.79 Å². The fourth-order valence-corrected chi connectivity index (χ4v) is 8.31. The molecular weight excluding hydrogens is 789 g/mol. The van der Waals surface area contributed by atoms with Crippen LogP contribution in [-0.2, 0) is 52.2 Å². The zero-order chi connectivity index (χ0) is 44.3. The van der Waals surface area contributed by atoms with Gasteiger partial charge in [-0.05, 0) is 62.8 Å². The number of ether oxygens (including phenoxy) is 9. The Morgan fingerprint density at radius 3 is 1.48 bits per heavy atom. The first-order valence-electron chi connectivity index (χ1n) is 21.8. The first kappa shape index (κ1) is 49.9. The molecule has 2 aromatic rings. The Morgan fingerprint density at radius 1 is 0.623 bits per heavy atom. The van der Waals surface area contributed by atoms with E-state index in [0.717, 1.165) is 24.0 Å². The van der Waals surface area contributed by atoms with Crippen LogP contribution in [0.3, 0.4) is 0 Å². The van der Waals surface area contributed by atoms with Crippen molar-refractivity contribution in [3.63, 3.8) is 0 Å². The van der Waals surface area contributed by atoms with Crippen molar-refractivity contribution in [3.8, 4) is 11.1 Å². The van der Waals surface area contributed by atoms with E-state index in [1.54, 1.807) is 14.2 Å². The van der Waals surface area contributed by atoms with Crippen LogP contribution >= 0.6 is 0 Å². The van der Waals surface area contributed by atoms with E-state index in [0.29, 0.717) is 33.0 Å². The average Bonchev–Trinajstić information content (AvgIpc) is 3.58. The molecule has 2 aliphatic heterocycles. The van der Waals surface area contributed by atoms with Crippen molar-refractivity contribution in [2.75, 3.05) is 60.3 Å². The molecule has 0 aromatic heterocycles. The highest BCUT2D eigenvalue weighted by molar-refractivity contribution is 5.79. The number of nitrogens with two attached hydrogens (primary N) is 1. The lowest BCUT2D eigenvalue weighted by Crippen LogP contribution is -2.65. The number of hydrogen-bond acceptors (Lipinski definition) is 13. The summed E-state index contributed by atoms with van der Waals surface area (Å²) in [7, 11) is 3.24. The van der Waals surface area contributed by atoms with Crippen LogP contribution in [0.1, 0.15) is 84.3 Å². The number of amides is 3. The Morgan fingerprint density at radius 2 is 1.07 bits per heavy atom. The second kappa shape index (κ2) is 26.0. The standard InChI is InChI=1S/C30H40N2O7.C15H30N2O5/c1-5-24-27(35-4)28(36-6-2)26(29(39-24)37-7-3)32-25(33)16-17-31-30(34)38-18-23-21-14-10-8-12-19(21)20-13-9-11-15-22(20)23;1-5-10-13(19-4)14(20-6-2)12(15(22-10)21-7-3)17-11(18)8-9-16/h8-15,23-24,26-29H,5-7,16-18H2,1-4H3,(H,31,34)(H,32,33);10,12-15H,5-9,16H2,1-4H3,(H,17,18)/t24?,26?,27-,28-,29?;10?,12?,13-,14-,15?/m11/s1. The van der Waals surface area contributed by atoms with Crippen molar-refractivity contribution in [1.29, 1.82) is 0 Å². The van der Waals surface area contributed by atoms with E-state index in [4.69, 9.17) is 48.4 Å². The summed E-state index contributed by atoms with van der Waals surface area (Å²) in [6.45, 7) is 14.1. The van der Waals surface area contributed by atoms with Gasteiger partial charge in [0.25, 0.3) is 0 Å². The second-order valence-corrected chi connectivity index (χ2v) is 14.8. The summed E-state index contributed by atoms with van der Waals surface area (Å²) >= 11 is 0. The Balaban J connectivity index is 0.000000317. The van der Waals surface area contributed by atoms with Crippen molar-refractivity contribution in [1.82, 2.24) is 16.0 Å². The molecule has 16 nitrogen and oxygen atoms in total. The predicted octanol–water partition coefficient (Wildman–Crippen LogP) is 4.40. The quantitative estimate of drug-likeness (QED) is 0.138. The van der Waals surface area contributed by atoms with E-state index < -0.39 is 36.9 Å². The van der Waals surface area contributed by atoms with Crippen molar-refractivity contribution in [2.24, 2.45) is 5.73 Å². The van der Waals surface area contributed by atoms with Gasteiger partial charge in [-0.2, -0.15) is 0 Å². The molecule has 1 aliphatic carbocycles. The maximum Gasteiger partial charge on any atom is 0.407 e. The van der Waals surface area contributed by atoms with Gasteiger partial charge in [0, 0.05) is 72.5 Å². The summed E-state index contributed by atoms with van der Waals surface area (Å²) in [6, 6.07) is 15.4. The maximum absolute atomic E-state index is 12.9. The zero-order valence-corrected chi connectivity index (χ0v) is 37.2. The van der Waals surface area contributed by atoms with Crippen LogP contribution in [0.25, 0.3) is 11.1 Å². The van der Waals surface area contributed by atoms with E-state index in [1.165, 1.54) is 11.1 Å². The molecule has 2 aromatic carbocycles. The number of fused-ring (bicyclic) bond motifs is 3. The van der Waals surface area contributed by atoms with E-state index >= 15 is 0 Å². The summed E-state index contributed by atoms with van der Waals surface area (Å²) in [6.07, 6.45) is -1.70. The highest BCUT2D eigenvalue weighted by atomic mass is 16.7. The molecule has 5 N–H and O–H groups in total. The van der Waals surface area contributed by atoms with Gasteiger partial charge in [-0.15, -0.1) is 0 Å². The number of carbonyl (C=O) groups excluding carboxylic acids is 3. The second-order valence-electron chi connectivity index (χ2n) is 14.8. The van der Waals surface area contributed by atoms with Gasteiger partial charge in [-0.1, -0.05) is 62.4 Å². The van der Waals surface area contributed by atoms with Gasteiger partial charge in [0.2, 0.25) is 11.8 Å². The number of benzene rings is 2. The molecule has 2 heterocycles. The van der Waals surface area contributed by atoms with Crippen LogP contribution in [0.4, 0.5) is 4.79 Å². The minimum Gasteiger partial charge on any atom is -0.449 e. The predicted molar refractivity (Wildman–Crippen MR) is 229 cm³/mol. The Hall–Kier alpha value is -3.71. The van der Waals surface area contributed by atoms with E-state index in [-0.39, 0.29) is 74.2 Å². The number of carbonyl (C=O) groups is 3. The van der Waals surface area contributed by atoms with Crippen LogP contribution < -0.4 is 21.7 Å². The minimum absolute atomic E-state index is 0.0237. The largest absolute Gasteiger partial charge is 0.449 e. The summed E-state index contributed by atoms with van der Waals surface area (Å²) in [4.78, 5) is 37.3. The highest BCUT2D eigenvalue weighted by Gasteiger charge is 2.48. The van der Waals surface area contributed by atoms with Crippen LogP contribution in [0.2, 0.25) is 0 Å². The van der Waals surface area contributed by atoms with Crippen LogP contribution in [0.15, 0.2) is 48.5 Å². The van der Waals surface area contributed by atoms with E-state index in [1.807, 2.05) is 65.8 Å². The van der Waals surface area contributed by atoms with Gasteiger partial charge >= 0.3 is 6.09 Å². The smallest absolute Gasteiger partial charge is 0.407 e. The van der Waals surface area contributed by atoms with Crippen LogP contribution in [-0.4, -0.2) is 140 Å². The molecule has 0 radical (unpaired) electrons. The minimum atomic E-state index is -0.665. The fraction of sp³-hybridized carbons (Fsp3) is 0.667. The number of alkyl carbamates (subject to hydrolysis) is 1. The average molecular weight is 859 g/mol. The third kappa shape index (κ3) is 13.2. The number of hydrogen-bond donors (Lipinski definition) is 4. The molecule has 0 saturated carbocycles. The zero-order valence-electron chi connectivity index (χ0n) is 37.2. The molecule has 2 saturated heterocycles. The van der Waals surface area contributed by atoms with Crippen molar-refractivity contribution < 1.29 is 57.0 Å². The molecule has 10 atom stereocenters. The lowest BCUT2D eigenvalue weighted by Gasteiger charge is -2.45. The monoisotopic (exact) mass is 858 g/mol. The molecule has 0 spiro atoms. The molecule has 3 amide bonds. The molecule has 6 unspecified atom stereocenters. The summed E-state index contributed by atoms with van der Waals surface area (Å²) < 4.78 is 52.2.